The molecule has 6 nitrogen and oxygen atoms in total. The molecule has 0 spiro atoms. The van der Waals surface area contributed by atoms with E-state index in [0.717, 1.165) is 6.07 Å². The van der Waals surface area contributed by atoms with Crippen molar-refractivity contribution in [3.8, 4) is 5.75 Å². The van der Waals surface area contributed by atoms with Crippen molar-refractivity contribution < 1.29 is 15.1 Å². The second-order valence-corrected chi connectivity index (χ2v) is 3.27. The third kappa shape index (κ3) is 2.42. The smallest absolute Gasteiger partial charge is 0.270 e. The average molecular weight is 212 g/mol. The Labute approximate surface area is 86.1 Å². The van der Waals surface area contributed by atoms with Crippen LogP contribution in [0.3, 0.4) is 0 Å². The van der Waals surface area contributed by atoms with Gasteiger partial charge in [0.15, 0.2) is 0 Å². The first-order valence-electron chi connectivity index (χ1n) is 4.34. The van der Waals surface area contributed by atoms with Crippen LogP contribution < -0.4 is 5.73 Å². The highest BCUT2D eigenvalue weighted by atomic mass is 16.6. The Kier molecular flexibility index (Phi) is 3.23. The van der Waals surface area contributed by atoms with Gasteiger partial charge < -0.3 is 15.9 Å². The van der Waals surface area contributed by atoms with Gasteiger partial charge >= 0.3 is 0 Å². The summed E-state index contributed by atoms with van der Waals surface area (Å²) in [6.07, 6.45) is -0.891. The molecule has 6 heteroatoms. The van der Waals surface area contributed by atoms with E-state index in [9.17, 15) is 20.3 Å². The molecule has 0 bridgehead atoms. The molecule has 0 aliphatic heterocycles. The van der Waals surface area contributed by atoms with E-state index in [1.165, 1.54) is 19.1 Å². The van der Waals surface area contributed by atoms with Gasteiger partial charge in [-0.15, -0.1) is 0 Å². The molecule has 1 rings (SSSR count). The third-order valence-corrected chi connectivity index (χ3v) is 2.10. The predicted molar refractivity (Wildman–Crippen MR) is 53.4 cm³/mol. The molecule has 0 radical (unpaired) electrons. The van der Waals surface area contributed by atoms with Gasteiger partial charge in [0, 0.05) is 17.7 Å². The molecule has 82 valence electrons. The zero-order valence-electron chi connectivity index (χ0n) is 8.12. The number of nitrogens with two attached hydrogens (primary N) is 1. The van der Waals surface area contributed by atoms with Crippen molar-refractivity contribution in [2.75, 3.05) is 0 Å². The number of non-ortho nitro benzene ring substituents is 1. The van der Waals surface area contributed by atoms with E-state index in [0.29, 0.717) is 0 Å². The maximum Gasteiger partial charge on any atom is 0.270 e. The van der Waals surface area contributed by atoms with Gasteiger partial charge in [-0.05, 0) is 13.0 Å². The van der Waals surface area contributed by atoms with Crippen molar-refractivity contribution in [2.24, 2.45) is 5.73 Å². The number of phenols is 1. The Balaban J connectivity index is 3.16. The maximum absolute atomic E-state index is 10.5. The van der Waals surface area contributed by atoms with Crippen molar-refractivity contribution in [2.45, 2.75) is 19.1 Å². The SMILES string of the molecule is C[C@@H](O)[C@@H](N)c1cc([N+](=O)[O-])ccc1O. The fourth-order valence-electron chi connectivity index (χ4n) is 1.18. The van der Waals surface area contributed by atoms with E-state index in [1.54, 1.807) is 0 Å². The van der Waals surface area contributed by atoms with Crippen LogP contribution in [0.2, 0.25) is 0 Å². The number of aromatic hydroxyl groups is 1. The summed E-state index contributed by atoms with van der Waals surface area (Å²) < 4.78 is 0. The summed E-state index contributed by atoms with van der Waals surface area (Å²) in [5.41, 5.74) is 5.57. The molecule has 0 fully saturated rings. The second kappa shape index (κ2) is 4.24. The maximum atomic E-state index is 10.5. The Morgan fingerprint density at radius 2 is 2.13 bits per heavy atom. The minimum atomic E-state index is -0.891. The lowest BCUT2D eigenvalue weighted by Crippen LogP contribution is -2.23. The van der Waals surface area contributed by atoms with Crippen molar-refractivity contribution >= 4 is 5.69 Å². The molecule has 0 saturated carbocycles. The Hall–Kier alpha value is -1.66. The van der Waals surface area contributed by atoms with Gasteiger partial charge in [-0.1, -0.05) is 0 Å². The summed E-state index contributed by atoms with van der Waals surface area (Å²) in [5.74, 6) is -0.158. The van der Waals surface area contributed by atoms with Crippen LogP contribution in [0.5, 0.6) is 5.75 Å². The first-order valence-corrected chi connectivity index (χ1v) is 4.34. The first kappa shape index (κ1) is 11.4. The summed E-state index contributed by atoms with van der Waals surface area (Å²) >= 11 is 0. The summed E-state index contributed by atoms with van der Waals surface area (Å²) in [4.78, 5) is 9.89. The minimum Gasteiger partial charge on any atom is -0.508 e. The molecule has 0 heterocycles. The molecular weight excluding hydrogens is 200 g/mol. The van der Waals surface area contributed by atoms with Crippen molar-refractivity contribution in [1.29, 1.82) is 0 Å². The predicted octanol–water partition coefficient (Wildman–Crippen LogP) is 0.681. The van der Waals surface area contributed by atoms with E-state index in [1.807, 2.05) is 0 Å². The number of phenolic OH excluding ortho intramolecular Hbond substituents is 1. The lowest BCUT2D eigenvalue weighted by Gasteiger charge is -2.15. The lowest BCUT2D eigenvalue weighted by atomic mass is 10.0. The Morgan fingerprint density at radius 3 is 2.60 bits per heavy atom. The Morgan fingerprint density at radius 1 is 1.53 bits per heavy atom. The quantitative estimate of drug-likeness (QED) is 0.504. The van der Waals surface area contributed by atoms with Crippen molar-refractivity contribution in [3.05, 3.63) is 33.9 Å². The molecule has 0 amide bonds. The summed E-state index contributed by atoms with van der Waals surface area (Å²) in [6.45, 7) is 1.45. The van der Waals surface area contributed by atoms with Crippen LogP contribution in [0.25, 0.3) is 0 Å². The molecule has 1 aromatic carbocycles. The van der Waals surface area contributed by atoms with Gasteiger partial charge in [-0.3, -0.25) is 10.1 Å². The van der Waals surface area contributed by atoms with Gasteiger partial charge in [-0.2, -0.15) is 0 Å². The number of rotatable bonds is 3. The van der Waals surface area contributed by atoms with Crippen LogP contribution in [0.15, 0.2) is 18.2 Å². The molecule has 2 atom stereocenters. The number of nitro groups is 1. The fraction of sp³-hybridized carbons (Fsp3) is 0.333. The van der Waals surface area contributed by atoms with E-state index in [2.05, 4.69) is 0 Å². The molecule has 0 unspecified atom stereocenters. The van der Waals surface area contributed by atoms with Crippen LogP contribution in [0, 0.1) is 10.1 Å². The monoisotopic (exact) mass is 212 g/mol. The number of hydrogen-bond donors (Lipinski definition) is 3. The highest BCUT2D eigenvalue weighted by Gasteiger charge is 2.19. The summed E-state index contributed by atoms with van der Waals surface area (Å²) in [7, 11) is 0. The molecule has 15 heavy (non-hydrogen) atoms. The van der Waals surface area contributed by atoms with Crippen LogP contribution >= 0.6 is 0 Å². The second-order valence-electron chi connectivity index (χ2n) is 3.27. The molecule has 1 aromatic rings. The topological polar surface area (TPSA) is 110 Å². The molecule has 0 aliphatic rings. The van der Waals surface area contributed by atoms with Gasteiger partial charge in [-0.25, -0.2) is 0 Å². The van der Waals surface area contributed by atoms with E-state index in [-0.39, 0.29) is 17.0 Å². The van der Waals surface area contributed by atoms with Crippen molar-refractivity contribution in [1.82, 2.24) is 0 Å². The largest absolute Gasteiger partial charge is 0.508 e. The summed E-state index contributed by atoms with van der Waals surface area (Å²) in [6, 6.07) is 2.68. The highest BCUT2D eigenvalue weighted by molar-refractivity contribution is 5.44. The molecule has 0 aliphatic carbocycles. The van der Waals surface area contributed by atoms with Crippen molar-refractivity contribution in [3.63, 3.8) is 0 Å². The number of aliphatic hydroxyl groups excluding tert-OH is 1. The number of benzene rings is 1. The minimum absolute atomic E-state index is 0.158. The van der Waals surface area contributed by atoms with Crippen LogP contribution in [-0.4, -0.2) is 21.2 Å². The summed E-state index contributed by atoms with van der Waals surface area (Å²) in [5, 5.41) is 29.1. The van der Waals surface area contributed by atoms with Gasteiger partial charge in [0.2, 0.25) is 0 Å². The number of hydrogen-bond acceptors (Lipinski definition) is 5. The first-order chi connectivity index (χ1) is 6.93. The van der Waals surface area contributed by atoms with Crippen LogP contribution in [0.1, 0.15) is 18.5 Å². The number of aliphatic hydroxyl groups is 1. The van der Waals surface area contributed by atoms with E-state index in [4.69, 9.17) is 5.73 Å². The highest BCUT2D eigenvalue weighted by Crippen LogP contribution is 2.28. The standard InChI is InChI=1S/C9H12N2O4/c1-5(12)9(10)7-4-6(11(14)15)2-3-8(7)13/h2-5,9,12-13H,10H2,1H3/t5-,9-/m1/s1. The molecule has 0 aromatic heterocycles. The molecule has 4 N–H and O–H groups in total. The van der Waals surface area contributed by atoms with Crippen LogP contribution in [-0.2, 0) is 0 Å². The Bertz CT molecular complexity index is 378. The normalized spacial score (nSPS) is 14.6. The fourth-order valence-corrected chi connectivity index (χ4v) is 1.18. The number of nitro benzene ring substituents is 1. The molecule has 0 saturated heterocycles. The zero-order chi connectivity index (χ0) is 11.6. The number of nitrogens with zero attached hydrogens (tertiary/aromatic N) is 1. The van der Waals surface area contributed by atoms with Gasteiger partial charge in [0.05, 0.1) is 17.1 Å². The lowest BCUT2D eigenvalue weighted by molar-refractivity contribution is -0.385. The molecular formula is C9H12N2O4. The van der Waals surface area contributed by atoms with Gasteiger partial charge in [0.25, 0.3) is 5.69 Å². The van der Waals surface area contributed by atoms with E-state index >= 15 is 0 Å². The third-order valence-electron chi connectivity index (χ3n) is 2.10. The zero-order valence-corrected chi connectivity index (χ0v) is 8.12. The van der Waals surface area contributed by atoms with Crippen LogP contribution in [0.4, 0.5) is 5.69 Å². The van der Waals surface area contributed by atoms with E-state index < -0.39 is 17.1 Å². The van der Waals surface area contributed by atoms with Gasteiger partial charge in [0.1, 0.15) is 5.75 Å². The average Bonchev–Trinajstić information content (AvgIpc) is 2.16.